The zero-order valence-electron chi connectivity index (χ0n) is 9.66. The van der Waals surface area contributed by atoms with Gasteiger partial charge < -0.3 is 9.73 Å². The van der Waals surface area contributed by atoms with Gasteiger partial charge in [0.15, 0.2) is 11.4 Å². The molecule has 17 heavy (non-hydrogen) atoms. The van der Waals surface area contributed by atoms with Crippen LogP contribution in [-0.4, -0.2) is 22.1 Å². The molecule has 0 saturated carbocycles. The van der Waals surface area contributed by atoms with Crippen LogP contribution in [0.3, 0.4) is 0 Å². The van der Waals surface area contributed by atoms with Crippen molar-refractivity contribution in [1.29, 1.82) is 0 Å². The number of aromatic nitrogens is 1. The first-order valence-electron chi connectivity index (χ1n) is 5.44. The second-order valence-corrected chi connectivity index (χ2v) is 5.09. The maximum absolute atomic E-state index is 11.8. The number of nitrogens with one attached hydrogen (secondary N) is 1. The second-order valence-electron chi connectivity index (χ2n) is 3.71. The zero-order chi connectivity index (χ0) is 12.4. The van der Waals surface area contributed by atoms with Crippen LogP contribution >= 0.6 is 15.9 Å². The number of oxazole rings is 1. The third-order valence-electron chi connectivity index (χ3n) is 2.36. The van der Waals surface area contributed by atoms with Crippen molar-refractivity contribution < 1.29 is 9.21 Å². The van der Waals surface area contributed by atoms with Gasteiger partial charge in [0.05, 0.1) is 4.83 Å². The van der Waals surface area contributed by atoms with Crippen molar-refractivity contribution in [3.8, 4) is 0 Å². The number of hydrogen-bond donors (Lipinski definition) is 1. The third kappa shape index (κ3) is 2.49. The SMILES string of the molecule is CCNc1nc2cc(C(=O)C(C)Br)ccc2o1. The largest absolute Gasteiger partial charge is 0.424 e. The second kappa shape index (κ2) is 4.87. The van der Waals surface area contributed by atoms with Gasteiger partial charge >= 0.3 is 0 Å². The first kappa shape index (κ1) is 12.1. The van der Waals surface area contributed by atoms with E-state index in [1.807, 2.05) is 6.92 Å². The van der Waals surface area contributed by atoms with Crippen molar-refractivity contribution >= 4 is 38.8 Å². The number of halogens is 1. The summed E-state index contributed by atoms with van der Waals surface area (Å²) in [7, 11) is 0. The van der Waals surface area contributed by atoms with E-state index in [-0.39, 0.29) is 10.6 Å². The number of alkyl halides is 1. The van der Waals surface area contributed by atoms with Crippen molar-refractivity contribution in [2.45, 2.75) is 18.7 Å². The van der Waals surface area contributed by atoms with Crippen LogP contribution in [0.1, 0.15) is 24.2 Å². The highest BCUT2D eigenvalue weighted by Gasteiger charge is 2.14. The minimum absolute atomic E-state index is 0.0416. The van der Waals surface area contributed by atoms with Crippen molar-refractivity contribution in [2.75, 3.05) is 11.9 Å². The zero-order valence-corrected chi connectivity index (χ0v) is 11.2. The Morgan fingerprint density at radius 1 is 1.59 bits per heavy atom. The number of carbonyl (C=O) groups is 1. The Kier molecular flexibility index (Phi) is 3.47. The molecule has 1 aromatic carbocycles. The lowest BCUT2D eigenvalue weighted by molar-refractivity contribution is 0.0996. The van der Waals surface area contributed by atoms with Crippen LogP contribution in [0.5, 0.6) is 0 Å². The van der Waals surface area contributed by atoms with Crippen LogP contribution in [0.15, 0.2) is 22.6 Å². The molecule has 5 heteroatoms. The van der Waals surface area contributed by atoms with Gasteiger partial charge in [0.1, 0.15) is 5.52 Å². The molecule has 0 aliphatic heterocycles. The van der Waals surface area contributed by atoms with Crippen molar-refractivity contribution in [2.24, 2.45) is 0 Å². The van der Waals surface area contributed by atoms with Gasteiger partial charge in [-0.3, -0.25) is 4.79 Å². The normalized spacial score (nSPS) is 12.6. The lowest BCUT2D eigenvalue weighted by atomic mass is 10.1. The van der Waals surface area contributed by atoms with Crippen LogP contribution in [0.25, 0.3) is 11.1 Å². The van der Waals surface area contributed by atoms with E-state index < -0.39 is 0 Å². The van der Waals surface area contributed by atoms with E-state index in [4.69, 9.17) is 4.42 Å². The van der Waals surface area contributed by atoms with Gasteiger partial charge in [-0.1, -0.05) is 15.9 Å². The number of carbonyl (C=O) groups excluding carboxylic acids is 1. The predicted octanol–water partition coefficient (Wildman–Crippen LogP) is 3.23. The minimum Gasteiger partial charge on any atom is -0.424 e. The minimum atomic E-state index is -0.194. The summed E-state index contributed by atoms with van der Waals surface area (Å²) in [6, 6.07) is 5.76. The molecule has 90 valence electrons. The Labute approximate surface area is 108 Å². The van der Waals surface area contributed by atoms with E-state index >= 15 is 0 Å². The Bertz CT molecular complexity index is 548. The fourth-order valence-corrected chi connectivity index (χ4v) is 1.80. The number of hydrogen-bond acceptors (Lipinski definition) is 4. The van der Waals surface area contributed by atoms with Crippen molar-refractivity contribution in [3.63, 3.8) is 0 Å². The quantitative estimate of drug-likeness (QED) is 0.695. The molecule has 1 heterocycles. The van der Waals surface area contributed by atoms with Gasteiger partial charge in [-0.05, 0) is 32.0 Å². The van der Waals surface area contributed by atoms with Gasteiger partial charge in [0.2, 0.25) is 0 Å². The maximum atomic E-state index is 11.8. The van der Waals surface area contributed by atoms with Gasteiger partial charge in [0, 0.05) is 12.1 Å². The molecule has 4 nitrogen and oxygen atoms in total. The monoisotopic (exact) mass is 296 g/mol. The molecule has 2 aromatic rings. The topological polar surface area (TPSA) is 55.1 Å². The average molecular weight is 297 g/mol. The van der Waals surface area contributed by atoms with Crippen molar-refractivity contribution in [3.05, 3.63) is 23.8 Å². The van der Waals surface area contributed by atoms with E-state index in [9.17, 15) is 4.79 Å². The van der Waals surface area contributed by atoms with Crippen LogP contribution in [0, 0.1) is 0 Å². The van der Waals surface area contributed by atoms with Gasteiger partial charge in [-0.15, -0.1) is 0 Å². The Morgan fingerprint density at radius 3 is 3.00 bits per heavy atom. The standard InChI is InChI=1S/C12H13BrN2O2/c1-3-14-12-15-9-6-8(11(16)7(2)13)4-5-10(9)17-12/h4-7H,3H2,1-2H3,(H,14,15). The molecule has 0 amide bonds. The van der Waals surface area contributed by atoms with Crippen LogP contribution < -0.4 is 5.32 Å². The number of fused-ring (bicyclic) bond motifs is 1. The molecule has 0 fully saturated rings. The molecule has 2 rings (SSSR count). The number of benzene rings is 1. The highest BCUT2D eigenvalue weighted by molar-refractivity contribution is 9.10. The van der Waals surface area contributed by atoms with Crippen LogP contribution in [-0.2, 0) is 0 Å². The molecule has 1 N–H and O–H groups in total. The molecule has 1 aromatic heterocycles. The molecule has 0 spiro atoms. The summed E-state index contributed by atoms with van der Waals surface area (Å²) in [6.07, 6.45) is 0. The third-order valence-corrected chi connectivity index (χ3v) is 2.78. The summed E-state index contributed by atoms with van der Waals surface area (Å²) in [5, 5.41) is 3.00. The van der Waals surface area contributed by atoms with E-state index in [0.717, 1.165) is 6.54 Å². The van der Waals surface area contributed by atoms with Gasteiger partial charge in [-0.25, -0.2) is 0 Å². The molecular formula is C12H13BrN2O2. The molecule has 0 aliphatic rings. The molecule has 0 saturated heterocycles. The van der Waals surface area contributed by atoms with E-state index in [2.05, 4.69) is 26.2 Å². The number of anilines is 1. The highest BCUT2D eigenvalue weighted by atomic mass is 79.9. The van der Waals surface area contributed by atoms with E-state index in [0.29, 0.717) is 22.7 Å². The fraction of sp³-hybridized carbons (Fsp3) is 0.333. The van der Waals surface area contributed by atoms with E-state index in [1.165, 1.54) is 0 Å². The summed E-state index contributed by atoms with van der Waals surface area (Å²) in [5.41, 5.74) is 2.01. The van der Waals surface area contributed by atoms with Crippen LogP contribution in [0.4, 0.5) is 6.01 Å². The summed E-state index contributed by atoms with van der Waals surface area (Å²) < 4.78 is 5.46. The molecule has 0 aliphatic carbocycles. The molecular weight excluding hydrogens is 284 g/mol. The molecule has 0 radical (unpaired) electrons. The Morgan fingerprint density at radius 2 is 2.35 bits per heavy atom. The number of ketones is 1. The molecule has 1 atom stereocenters. The lowest BCUT2D eigenvalue weighted by Gasteiger charge is -2.01. The van der Waals surface area contributed by atoms with Crippen molar-refractivity contribution in [1.82, 2.24) is 4.98 Å². The lowest BCUT2D eigenvalue weighted by Crippen LogP contribution is -2.09. The van der Waals surface area contributed by atoms with Gasteiger partial charge in [0.25, 0.3) is 6.01 Å². The summed E-state index contributed by atoms with van der Waals surface area (Å²) in [4.78, 5) is 15.9. The smallest absolute Gasteiger partial charge is 0.295 e. The number of Topliss-reactive ketones (excluding diaryl/α,β-unsaturated/α-hetero) is 1. The highest BCUT2D eigenvalue weighted by Crippen LogP contribution is 2.21. The maximum Gasteiger partial charge on any atom is 0.295 e. The van der Waals surface area contributed by atoms with Gasteiger partial charge in [-0.2, -0.15) is 4.98 Å². The Balaban J connectivity index is 2.39. The molecule has 1 unspecified atom stereocenters. The summed E-state index contributed by atoms with van der Waals surface area (Å²) in [6.45, 7) is 4.52. The first-order valence-corrected chi connectivity index (χ1v) is 6.36. The summed E-state index contributed by atoms with van der Waals surface area (Å²) in [5.74, 6) is 0.0416. The number of rotatable bonds is 4. The fourth-order valence-electron chi connectivity index (χ4n) is 1.54. The van der Waals surface area contributed by atoms with Crippen LogP contribution in [0.2, 0.25) is 0 Å². The van der Waals surface area contributed by atoms with E-state index in [1.54, 1.807) is 25.1 Å². The predicted molar refractivity (Wildman–Crippen MR) is 70.9 cm³/mol. The summed E-state index contributed by atoms with van der Waals surface area (Å²) >= 11 is 3.26. The molecule has 0 bridgehead atoms. The number of nitrogens with zero attached hydrogens (tertiary/aromatic N) is 1. The first-order chi connectivity index (χ1) is 8.11. The Hall–Kier alpha value is -1.36. The average Bonchev–Trinajstić information content (AvgIpc) is 2.69.